The lowest BCUT2D eigenvalue weighted by atomic mass is 10.1. The van der Waals surface area contributed by atoms with E-state index in [0.717, 1.165) is 6.54 Å². The molecule has 1 aliphatic rings. The van der Waals surface area contributed by atoms with E-state index in [1.54, 1.807) is 18.7 Å². The number of hydrogen-bond donors (Lipinski definition) is 0. The minimum atomic E-state index is -0.104. The fourth-order valence-electron chi connectivity index (χ4n) is 2.64. The zero-order valence-corrected chi connectivity index (χ0v) is 14.0. The first-order chi connectivity index (χ1) is 11.0. The van der Waals surface area contributed by atoms with Gasteiger partial charge in [-0.3, -0.25) is 9.69 Å². The first kappa shape index (κ1) is 15.9. The van der Waals surface area contributed by atoms with Crippen LogP contribution in [-0.2, 0) is 11.2 Å². The number of nitrogens with zero attached hydrogens (tertiary/aromatic N) is 5. The second-order valence-corrected chi connectivity index (χ2v) is 6.06. The molecule has 23 heavy (non-hydrogen) atoms. The summed E-state index contributed by atoms with van der Waals surface area (Å²) < 4.78 is 10.2. The molecule has 1 saturated heterocycles. The van der Waals surface area contributed by atoms with E-state index in [9.17, 15) is 4.79 Å². The summed E-state index contributed by atoms with van der Waals surface area (Å²) in [6.07, 6.45) is 0.174. The highest BCUT2D eigenvalue weighted by Crippen LogP contribution is 2.25. The molecule has 0 saturated carbocycles. The first-order valence-electron chi connectivity index (χ1n) is 7.34. The maximum atomic E-state index is 12.6. The van der Waals surface area contributed by atoms with Crippen molar-refractivity contribution in [3.63, 3.8) is 0 Å². The van der Waals surface area contributed by atoms with Gasteiger partial charge in [-0.1, -0.05) is 10.3 Å². The number of piperazine rings is 1. The number of carbonyl (C=O) groups is 1. The average molecular weight is 340 g/mol. The number of aryl methyl sites for hydroxylation is 2. The Morgan fingerprint density at radius 2 is 2.09 bits per heavy atom. The Hall–Kier alpha value is -1.93. The molecule has 8 nitrogen and oxygen atoms in total. The van der Waals surface area contributed by atoms with Gasteiger partial charge in [0.15, 0.2) is 5.82 Å². The van der Waals surface area contributed by atoms with Crippen LogP contribution < -0.4 is 0 Å². The van der Waals surface area contributed by atoms with Crippen LogP contribution in [0, 0.1) is 13.8 Å². The second kappa shape index (κ2) is 6.29. The molecule has 0 spiro atoms. The lowest BCUT2D eigenvalue weighted by Gasteiger charge is -2.37. The van der Waals surface area contributed by atoms with Crippen LogP contribution in [0.25, 0.3) is 0 Å². The van der Waals surface area contributed by atoms with Crippen molar-refractivity contribution < 1.29 is 13.8 Å². The van der Waals surface area contributed by atoms with Crippen molar-refractivity contribution in [3.05, 3.63) is 28.2 Å². The van der Waals surface area contributed by atoms with Crippen LogP contribution in [0.4, 0.5) is 0 Å². The Morgan fingerprint density at radius 1 is 1.30 bits per heavy atom. The Labute approximate surface area is 138 Å². The molecule has 124 valence electrons. The molecular weight excluding hydrogens is 322 g/mol. The smallest absolute Gasteiger partial charge is 0.245 e. The molecule has 1 fully saturated rings. The Balaban J connectivity index is 1.72. The van der Waals surface area contributed by atoms with Gasteiger partial charge in [-0.05, 0) is 32.5 Å². The minimum Gasteiger partial charge on any atom is -0.344 e. The fourth-order valence-corrected chi connectivity index (χ4v) is 2.87. The van der Waals surface area contributed by atoms with Crippen LogP contribution in [0.15, 0.2) is 9.05 Å². The van der Waals surface area contributed by atoms with Gasteiger partial charge < -0.3 is 13.9 Å². The molecule has 1 aliphatic heterocycles. The SMILES string of the molecule is Cc1noc(C2CN(C(=O)Cc3c(C)noc3Cl)CCN2C)n1. The van der Waals surface area contributed by atoms with E-state index in [-0.39, 0.29) is 23.6 Å². The highest BCUT2D eigenvalue weighted by molar-refractivity contribution is 6.29. The van der Waals surface area contributed by atoms with E-state index in [1.807, 2.05) is 7.05 Å². The maximum absolute atomic E-state index is 12.6. The predicted octanol–water partition coefficient (Wildman–Crippen LogP) is 1.39. The van der Waals surface area contributed by atoms with E-state index < -0.39 is 0 Å². The van der Waals surface area contributed by atoms with Crippen LogP contribution in [0.3, 0.4) is 0 Å². The van der Waals surface area contributed by atoms with Gasteiger partial charge in [-0.25, -0.2) is 0 Å². The van der Waals surface area contributed by atoms with Crippen molar-refractivity contribution >= 4 is 17.5 Å². The zero-order valence-electron chi connectivity index (χ0n) is 13.2. The Morgan fingerprint density at radius 3 is 2.70 bits per heavy atom. The molecule has 2 aromatic rings. The molecular formula is C14H18ClN5O3. The van der Waals surface area contributed by atoms with Crippen LogP contribution >= 0.6 is 11.6 Å². The van der Waals surface area contributed by atoms with E-state index in [2.05, 4.69) is 20.2 Å². The van der Waals surface area contributed by atoms with E-state index in [0.29, 0.717) is 36.1 Å². The molecule has 0 aromatic carbocycles. The quantitative estimate of drug-likeness (QED) is 0.834. The first-order valence-corrected chi connectivity index (χ1v) is 7.72. The van der Waals surface area contributed by atoms with Crippen molar-refractivity contribution in [1.29, 1.82) is 0 Å². The van der Waals surface area contributed by atoms with Gasteiger partial charge in [0.05, 0.1) is 12.1 Å². The summed E-state index contributed by atoms with van der Waals surface area (Å²) in [6, 6.07) is -0.104. The fraction of sp³-hybridized carbons (Fsp3) is 0.571. The number of amides is 1. The van der Waals surface area contributed by atoms with Crippen LogP contribution in [0.1, 0.15) is 29.0 Å². The second-order valence-electron chi connectivity index (χ2n) is 5.71. The number of likely N-dealkylation sites (N-methyl/N-ethyl adjacent to an activating group) is 1. The highest BCUT2D eigenvalue weighted by Gasteiger charge is 2.32. The van der Waals surface area contributed by atoms with E-state index in [1.165, 1.54) is 0 Å². The van der Waals surface area contributed by atoms with Crippen LogP contribution in [-0.4, -0.2) is 57.7 Å². The molecule has 9 heteroatoms. The summed E-state index contributed by atoms with van der Waals surface area (Å²) in [6.45, 7) is 5.41. The van der Waals surface area contributed by atoms with E-state index >= 15 is 0 Å². The summed E-state index contributed by atoms with van der Waals surface area (Å²) in [7, 11) is 1.98. The predicted molar refractivity (Wildman–Crippen MR) is 80.9 cm³/mol. The van der Waals surface area contributed by atoms with Crippen molar-refractivity contribution in [2.24, 2.45) is 0 Å². The summed E-state index contributed by atoms with van der Waals surface area (Å²) in [5, 5.41) is 7.77. The van der Waals surface area contributed by atoms with Crippen molar-refractivity contribution in [3.8, 4) is 0 Å². The van der Waals surface area contributed by atoms with Gasteiger partial charge in [0.25, 0.3) is 0 Å². The summed E-state index contributed by atoms with van der Waals surface area (Å²) in [5.41, 5.74) is 1.28. The monoisotopic (exact) mass is 339 g/mol. The lowest BCUT2D eigenvalue weighted by Crippen LogP contribution is -2.49. The number of halogens is 1. The van der Waals surface area contributed by atoms with Gasteiger partial charge >= 0.3 is 0 Å². The molecule has 0 bridgehead atoms. The van der Waals surface area contributed by atoms with Crippen molar-refractivity contribution in [2.75, 3.05) is 26.7 Å². The third kappa shape index (κ3) is 3.23. The number of aromatic nitrogens is 3. The summed E-state index contributed by atoms with van der Waals surface area (Å²) in [4.78, 5) is 20.7. The van der Waals surface area contributed by atoms with Crippen LogP contribution in [0.5, 0.6) is 0 Å². The molecule has 1 unspecified atom stereocenters. The van der Waals surface area contributed by atoms with Crippen molar-refractivity contribution in [1.82, 2.24) is 25.1 Å². The molecule has 0 radical (unpaired) electrons. The molecule has 1 amide bonds. The zero-order chi connectivity index (χ0) is 16.6. The highest BCUT2D eigenvalue weighted by atomic mass is 35.5. The number of rotatable bonds is 3. The maximum Gasteiger partial charge on any atom is 0.245 e. The third-order valence-electron chi connectivity index (χ3n) is 4.09. The number of carbonyl (C=O) groups excluding carboxylic acids is 1. The normalized spacial score (nSPS) is 19.3. The van der Waals surface area contributed by atoms with Crippen molar-refractivity contribution in [2.45, 2.75) is 26.3 Å². The summed E-state index contributed by atoms with van der Waals surface area (Å²) >= 11 is 5.94. The standard InChI is InChI=1S/C14H18ClN5O3/c1-8-10(13(15)22-17-8)6-12(21)20-5-4-19(3)11(7-20)14-16-9(2)18-23-14/h11H,4-7H2,1-3H3. The Bertz CT molecular complexity index is 694. The minimum absolute atomic E-state index is 0.0208. The van der Waals surface area contributed by atoms with Gasteiger partial charge in [-0.2, -0.15) is 4.98 Å². The lowest BCUT2D eigenvalue weighted by molar-refractivity contribution is -0.133. The van der Waals surface area contributed by atoms with Gasteiger partial charge in [-0.15, -0.1) is 0 Å². The molecule has 3 rings (SSSR count). The van der Waals surface area contributed by atoms with E-state index in [4.69, 9.17) is 20.6 Å². The topological polar surface area (TPSA) is 88.5 Å². The largest absolute Gasteiger partial charge is 0.344 e. The molecule has 3 heterocycles. The molecule has 2 aromatic heterocycles. The summed E-state index contributed by atoms with van der Waals surface area (Å²) in [5.74, 6) is 1.10. The molecule has 1 atom stereocenters. The average Bonchev–Trinajstić information content (AvgIpc) is 3.08. The molecule has 0 N–H and O–H groups in total. The van der Waals surface area contributed by atoms with Gasteiger partial charge in [0, 0.05) is 25.2 Å². The Kier molecular flexibility index (Phi) is 4.36. The van der Waals surface area contributed by atoms with Gasteiger partial charge in [0.1, 0.15) is 6.04 Å². The third-order valence-corrected chi connectivity index (χ3v) is 4.39. The number of hydrogen-bond acceptors (Lipinski definition) is 7. The van der Waals surface area contributed by atoms with Crippen LogP contribution in [0.2, 0.25) is 5.22 Å². The molecule has 0 aliphatic carbocycles. The van der Waals surface area contributed by atoms with Gasteiger partial charge in [0.2, 0.25) is 17.0 Å².